The van der Waals surface area contributed by atoms with Gasteiger partial charge in [-0.2, -0.15) is 0 Å². The lowest BCUT2D eigenvalue weighted by molar-refractivity contribution is -0.143. The second kappa shape index (κ2) is 7.54. The fourth-order valence-corrected chi connectivity index (χ4v) is 3.11. The van der Waals surface area contributed by atoms with Gasteiger partial charge in [-0.15, -0.1) is 11.8 Å². The van der Waals surface area contributed by atoms with Crippen molar-refractivity contribution in [2.45, 2.75) is 12.5 Å². The van der Waals surface area contributed by atoms with E-state index in [0.717, 1.165) is 0 Å². The highest BCUT2D eigenvalue weighted by Gasteiger charge is 2.38. The van der Waals surface area contributed by atoms with Crippen molar-refractivity contribution in [1.82, 2.24) is 0 Å². The van der Waals surface area contributed by atoms with E-state index in [9.17, 15) is 19.8 Å². The van der Waals surface area contributed by atoms with Crippen molar-refractivity contribution in [3.05, 3.63) is 23.8 Å². The van der Waals surface area contributed by atoms with Crippen LogP contribution in [0, 0.1) is 0 Å². The third kappa shape index (κ3) is 4.39. The molecule has 0 fully saturated rings. The van der Waals surface area contributed by atoms with Crippen molar-refractivity contribution in [1.29, 1.82) is 0 Å². The zero-order valence-corrected chi connectivity index (χ0v) is 13.7. The Labute approximate surface area is 142 Å². The smallest absolute Gasteiger partial charge is 0.332 e. The second-order valence-electron chi connectivity index (χ2n) is 5.26. The molecule has 1 aromatic carbocycles. The van der Waals surface area contributed by atoms with Gasteiger partial charge in [-0.3, -0.25) is 4.99 Å². The zero-order valence-electron chi connectivity index (χ0n) is 12.9. The lowest BCUT2D eigenvalue weighted by Crippen LogP contribution is -2.33. The van der Waals surface area contributed by atoms with Gasteiger partial charge in [0.1, 0.15) is 29.8 Å². The summed E-state index contributed by atoms with van der Waals surface area (Å²) in [4.78, 5) is 25.7. The Kier molecular flexibility index (Phi) is 5.68. The van der Waals surface area contributed by atoms with E-state index in [2.05, 4.69) is 4.99 Å². The number of hydrogen-bond acceptors (Lipinski definition) is 7. The number of hydrogen-bond donors (Lipinski definition) is 3. The van der Waals surface area contributed by atoms with Gasteiger partial charge in [0.05, 0.1) is 6.61 Å². The summed E-state index contributed by atoms with van der Waals surface area (Å²) in [6, 6.07) is 4.61. The highest BCUT2D eigenvalue weighted by molar-refractivity contribution is 8.14. The normalized spacial score (nSPS) is 19.8. The van der Waals surface area contributed by atoms with Gasteiger partial charge in [0.25, 0.3) is 0 Å². The number of benzene rings is 1. The van der Waals surface area contributed by atoms with Crippen LogP contribution < -0.4 is 4.74 Å². The summed E-state index contributed by atoms with van der Waals surface area (Å²) < 4.78 is 10.2. The predicted molar refractivity (Wildman–Crippen MR) is 87.1 cm³/mol. The Hall–Kier alpha value is -2.26. The molecule has 1 atom stereocenters. The van der Waals surface area contributed by atoms with E-state index in [1.807, 2.05) is 0 Å². The summed E-state index contributed by atoms with van der Waals surface area (Å²) in [5, 5.41) is 28.2. The summed E-state index contributed by atoms with van der Waals surface area (Å²) >= 11 is 1.27. The number of aliphatic imine (C=N–C) groups is 1. The van der Waals surface area contributed by atoms with E-state index in [4.69, 9.17) is 14.6 Å². The highest BCUT2D eigenvalue weighted by atomic mass is 32.2. The molecule has 0 amide bonds. The van der Waals surface area contributed by atoms with Gasteiger partial charge in [-0.25, -0.2) is 9.59 Å². The summed E-state index contributed by atoms with van der Waals surface area (Å²) in [7, 11) is 0. The largest absolute Gasteiger partial charge is 0.507 e. The van der Waals surface area contributed by atoms with E-state index in [0.29, 0.717) is 22.1 Å². The highest BCUT2D eigenvalue weighted by Crippen LogP contribution is 2.35. The average molecular weight is 355 g/mol. The Balaban J connectivity index is 1.98. The first kappa shape index (κ1) is 18.1. The van der Waals surface area contributed by atoms with Crippen LogP contribution >= 0.6 is 11.8 Å². The number of phenolic OH excluding ortho intramolecular Hbond substituents is 1. The van der Waals surface area contributed by atoms with Crippen molar-refractivity contribution >= 4 is 28.7 Å². The number of carboxylic acids is 2. The Morgan fingerprint density at radius 2 is 2.08 bits per heavy atom. The molecule has 9 heteroatoms. The van der Waals surface area contributed by atoms with E-state index in [1.165, 1.54) is 24.8 Å². The molecular weight excluding hydrogens is 338 g/mol. The van der Waals surface area contributed by atoms with Crippen molar-refractivity contribution in [2.24, 2.45) is 4.99 Å². The first-order valence-electron chi connectivity index (χ1n) is 7.03. The summed E-state index contributed by atoms with van der Waals surface area (Å²) in [6.45, 7) is 1.38. The van der Waals surface area contributed by atoms with Crippen LogP contribution in [-0.2, 0) is 14.3 Å². The number of ether oxygens (including phenoxy) is 2. The number of aliphatic carboxylic acids is 2. The Morgan fingerprint density at radius 3 is 2.67 bits per heavy atom. The number of rotatable bonds is 8. The molecule has 0 radical (unpaired) electrons. The number of nitrogens with zero attached hydrogens (tertiary/aromatic N) is 1. The average Bonchev–Trinajstić information content (AvgIpc) is 2.90. The minimum Gasteiger partial charge on any atom is -0.507 e. The van der Waals surface area contributed by atoms with Crippen LogP contribution in [0.3, 0.4) is 0 Å². The molecule has 1 aliphatic heterocycles. The molecule has 0 spiro atoms. The Morgan fingerprint density at radius 1 is 1.33 bits per heavy atom. The van der Waals surface area contributed by atoms with Crippen LogP contribution in [0.1, 0.15) is 12.5 Å². The molecule has 0 saturated carbocycles. The SMILES string of the molecule is C[C@]1(C(=O)O)CSC(c2ccc(OCCOCC(=O)O)cc2O)=N1. The van der Waals surface area contributed by atoms with Crippen LogP contribution in [0.2, 0.25) is 0 Å². The molecule has 1 aromatic rings. The van der Waals surface area contributed by atoms with Gasteiger partial charge < -0.3 is 24.8 Å². The molecule has 0 aromatic heterocycles. The standard InChI is InChI=1S/C15H17NO7S/c1-15(14(20)21)8-24-13(16-15)10-3-2-9(6-11(10)17)23-5-4-22-7-12(18)19/h2-3,6,17H,4-5,7-8H2,1H3,(H,18,19)(H,20,21)/t15-/m1/s1. The molecule has 2 rings (SSSR count). The molecule has 1 aliphatic rings. The Bertz CT molecular complexity index is 676. The molecule has 0 bridgehead atoms. The number of thioether (sulfide) groups is 1. The van der Waals surface area contributed by atoms with E-state index < -0.39 is 24.1 Å². The first-order chi connectivity index (χ1) is 11.3. The van der Waals surface area contributed by atoms with Crippen molar-refractivity contribution in [3.63, 3.8) is 0 Å². The van der Waals surface area contributed by atoms with Crippen LogP contribution in [-0.4, -0.2) is 63.4 Å². The molecule has 3 N–H and O–H groups in total. The fourth-order valence-electron chi connectivity index (χ4n) is 1.91. The maximum absolute atomic E-state index is 11.2. The minimum absolute atomic E-state index is 0.0696. The van der Waals surface area contributed by atoms with E-state index in [-0.39, 0.29) is 19.0 Å². The number of carboxylic acid groups (broad SMARTS) is 2. The van der Waals surface area contributed by atoms with Gasteiger partial charge in [-0.1, -0.05) is 0 Å². The third-order valence-electron chi connectivity index (χ3n) is 3.22. The zero-order chi connectivity index (χ0) is 17.7. The molecule has 1 heterocycles. The van der Waals surface area contributed by atoms with Crippen LogP contribution in [0.15, 0.2) is 23.2 Å². The van der Waals surface area contributed by atoms with Crippen molar-refractivity contribution < 1.29 is 34.4 Å². The monoisotopic (exact) mass is 355 g/mol. The molecule has 0 aliphatic carbocycles. The number of phenols is 1. The molecular formula is C15H17NO7S. The van der Waals surface area contributed by atoms with E-state index in [1.54, 1.807) is 12.1 Å². The maximum atomic E-state index is 11.2. The van der Waals surface area contributed by atoms with Crippen LogP contribution in [0.5, 0.6) is 11.5 Å². The molecule has 24 heavy (non-hydrogen) atoms. The van der Waals surface area contributed by atoms with Crippen LogP contribution in [0.25, 0.3) is 0 Å². The predicted octanol–water partition coefficient (Wildman–Crippen LogP) is 1.21. The molecule has 8 nitrogen and oxygen atoms in total. The first-order valence-corrected chi connectivity index (χ1v) is 8.02. The number of carbonyl (C=O) groups is 2. The molecule has 130 valence electrons. The lowest BCUT2D eigenvalue weighted by atomic mass is 10.1. The van der Waals surface area contributed by atoms with Crippen molar-refractivity contribution in [3.8, 4) is 11.5 Å². The summed E-state index contributed by atoms with van der Waals surface area (Å²) in [6.07, 6.45) is 0. The lowest BCUT2D eigenvalue weighted by Gasteiger charge is -2.11. The van der Waals surface area contributed by atoms with Gasteiger partial charge in [0, 0.05) is 17.4 Å². The van der Waals surface area contributed by atoms with Gasteiger partial charge in [0.2, 0.25) is 0 Å². The van der Waals surface area contributed by atoms with Gasteiger partial charge in [-0.05, 0) is 19.1 Å². The van der Waals surface area contributed by atoms with Crippen LogP contribution in [0.4, 0.5) is 0 Å². The van der Waals surface area contributed by atoms with Gasteiger partial charge >= 0.3 is 11.9 Å². The van der Waals surface area contributed by atoms with Crippen molar-refractivity contribution in [2.75, 3.05) is 25.6 Å². The summed E-state index contributed by atoms with van der Waals surface area (Å²) in [5.74, 6) is -1.44. The number of aromatic hydroxyl groups is 1. The molecule has 0 saturated heterocycles. The molecule has 0 unspecified atom stereocenters. The summed E-state index contributed by atoms with van der Waals surface area (Å²) in [5.41, 5.74) is -0.747. The maximum Gasteiger partial charge on any atom is 0.332 e. The topological polar surface area (TPSA) is 126 Å². The van der Waals surface area contributed by atoms with E-state index >= 15 is 0 Å². The van der Waals surface area contributed by atoms with Gasteiger partial charge in [0.15, 0.2) is 5.54 Å². The quantitative estimate of drug-likeness (QED) is 0.594. The third-order valence-corrected chi connectivity index (χ3v) is 4.51. The fraction of sp³-hybridized carbons (Fsp3) is 0.400. The minimum atomic E-state index is -1.19. The second-order valence-corrected chi connectivity index (χ2v) is 6.22.